The van der Waals surface area contributed by atoms with E-state index in [-0.39, 0.29) is 5.97 Å². The number of carbonyl (C=O) groups is 1. The van der Waals surface area contributed by atoms with Crippen LogP contribution in [0.2, 0.25) is 0 Å². The van der Waals surface area contributed by atoms with Crippen LogP contribution in [-0.2, 0) is 4.74 Å². The number of esters is 1. The minimum Gasteiger partial charge on any atom is -0.465 e. The summed E-state index contributed by atoms with van der Waals surface area (Å²) in [6.07, 6.45) is 7.29. The van der Waals surface area contributed by atoms with Crippen molar-refractivity contribution in [2.45, 2.75) is 30.4 Å². The molecule has 0 atom stereocenters. The van der Waals surface area contributed by atoms with Gasteiger partial charge in [-0.25, -0.2) is 4.79 Å². The molecule has 0 saturated heterocycles. The normalized spacial score (nSPS) is 16.9. The quantitative estimate of drug-likeness (QED) is 0.645. The molecular weight excluding hydrogens is 272 g/mol. The number of thioether (sulfide) groups is 1. The molecule has 3 N–H and O–H groups in total. The predicted octanol–water partition coefficient (Wildman–Crippen LogP) is 3.14. The van der Waals surface area contributed by atoms with Crippen molar-refractivity contribution in [2.24, 2.45) is 0 Å². The molecule has 1 aliphatic carbocycles. The Labute approximate surface area is 124 Å². The van der Waals surface area contributed by atoms with Gasteiger partial charge in [-0.05, 0) is 37.3 Å². The van der Waals surface area contributed by atoms with E-state index in [0.717, 1.165) is 12.2 Å². The molecule has 2 rings (SSSR count). The molecule has 1 fully saturated rings. The zero-order valence-electron chi connectivity index (χ0n) is 12.1. The van der Waals surface area contributed by atoms with Crippen molar-refractivity contribution < 1.29 is 9.53 Å². The molecular formula is C15H22N2O2S. The van der Waals surface area contributed by atoms with Crippen molar-refractivity contribution in [3.8, 4) is 0 Å². The van der Waals surface area contributed by atoms with Crippen LogP contribution in [0.15, 0.2) is 18.2 Å². The number of nitrogens with one attached hydrogen (secondary N) is 1. The molecule has 110 valence electrons. The van der Waals surface area contributed by atoms with Crippen LogP contribution in [0.3, 0.4) is 0 Å². The topological polar surface area (TPSA) is 64.3 Å². The molecule has 20 heavy (non-hydrogen) atoms. The molecule has 0 spiro atoms. The van der Waals surface area contributed by atoms with Gasteiger partial charge in [0.05, 0.1) is 24.0 Å². The van der Waals surface area contributed by atoms with E-state index in [1.807, 2.05) is 17.8 Å². The monoisotopic (exact) mass is 294 g/mol. The van der Waals surface area contributed by atoms with E-state index < -0.39 is 0 Å². The van der Waals surface area contributed by atoms with Gasteiger partial charge in [0.2, 0.25) is 0 Å². The molecule has 1 aliphatic rings. The highest BCUT2D eigenvalue weighted by Gasteiger charge is 2.32. The fourth-order valence-electron chi connectivity index (χ4n) is 2.70. The maximum Gasteiger partial charge on any atom is 0.337 e. The van der Waals surface area contributed by atoms with Gasteiger partial charge in [0, 0.05) is 11.3 Å². The van der Waals surface area contributed by atoms with Crippen molar-refractivity contribution in [1.82, 2.24) is 0 Å². The third-order valence-electron chi connectivity index (χ3n) is 4.02. The van der Waals surface area contributed by atoms with Gasteiger partial charge in [-0.1, -0.05) is 12.8 Å². The highest BCUT2D eigenvalue weighted by atomic mass is 32.2. The molecule has 0 radical (unpaired) electrons. The summed E-state index contributed by atoms with van der Waals surface area (Å²) >= 11 is 1.94. The highest BCUT2D eigenvalue weighted by molar-refractivity contribution is 8.00. The maximum atomic E-state index is 11.4. The first-order valence-corrected chi connectivity index (χ1v) is 8.09. The number of ether oxygens (including phenoxy) is 1. The number of carbonyl (C=O) groups excluding carboxylic acids is 1. The van der Waals surface area contributed by atoms with Gasteiger partial charge in [-0.15, -0.1) is 0 Å². The molecule has 4 nitrogen and oxygen atoms in total. The SMILES string of the molecule is COC(=O)c1ccc(NCC2(SC)CCCC2)c(N)c1. The lowest BCUT2D eigenvalue weighted by atomic mass is 10.1. The third kappa shape index (κ3) is 3.20. The minimum absolute atomic E-state index is 0.327. The van der Waals surface area contributed by atoms with Crippen LogP contribution in [0.25, 0.3) is 0 Å². The molecule has 1 aromatic carbocycles. The highest BCUT2D eigenvalue weighted by Crippen LogP contribution is 2.40. The fraction of sp³-hybridized carbons (Fsp3) is 0.533. The summed E-state index contributed by atoms with van der Waals surface area (Å²) in [5, 5.41) is 3.43. The number of methoxy groups -OCH3 is 1. The van der Waals surface area contributed by atoms with Crippen LogP contribution in [-0.4, -0.2) is 30.6 Å². The summed E-state index contributed by atoms with van der Waals surface area (Å²) in [6.45, 7) is 0.913. The molecule has 5 heteroatoms. The minimum atomic E-state index is -0.361. The van der Waals surface area contributed by atoms with Crippen molar-refractivity contribution in [3.63, 3.8) is 0 Å². The van der Waals surface area contributed by atoms with Crippen LogP contribution < -0.4 is 11.1 Å². The summed E-state index contributed by atoms with van der Waals surface area (Å²) in [5.74, 6) is -0.361. The van der Waals surface area contributed by atoms with Crippen LogP contribution in [0, 0.1) is 0 Å². The summed E-state index contributed by atoms with van der Waals surface area (Å²) in [7, 11) is 1.37. The van der Waals surface area contributed by atoms with E-state index in [2.05, 4.69) is 16.3 Å². The fourth-order valence-corrected chi connectivity index (χ4v) is 3.61. The Morgan fingerprint density at radius 1 is 1.45 bits per heavy atom. The van der Waals surface area contributed by atoms with Crippen LogP contribution in [0.5, 0.6) is 0 Å². The molecule has 0 amide bonds. The van der Waals surface area contributed by atoms with Gasteiger partial charge in [-0.2, -0.15) is 11.8 Å². The Hall–Kier alpha value is -1.36. The van der Waals surface area contributed by atoms with Crippen LogP contribution >= 0.6 is 11.8 Å². The Morgan fingerprint density at radius 2 is 2.15 bits per heavy atom. The van der Waals surface area contributed by atoms with E-state index in [1.54, 1.807) is 12.1 Å². The van der Waals surface area contributed by atoms with Crippen LogP contribution in [0.4, 0.5) is 11.4 Å². The number of rotatable bonds is 5. The second-order valence-electron chi connectivity index (χ2n) is 5.24. The van der Waals surface area contributed by atoms with Gasteiger partial charge in [0.1, 0.15) is 0 Å². The summed E-state index contributed by atoms with van der Waals surface area (Å²) < 4.78 is 5.01. The average molecular weight is 294 g/mol. The summed E-state index contributed by atoms with van der Waals surface area (Å²) in [5.41, 5.74) is 7.96. The second-order valence-corrected chi connectivity index (χ2v) is 6.52. The zero-order chi connectivity index (χ0) is 14.6. The van der Waals surface area contributed by atoms with Gasteiger partial charge < -0.3 is 15.8 Å². The number of anilines is 2. The lowest BCUT2D eigenvalue weighted by Gasteiger charge is -2.27. The molecule has 0 aliphatic heterocycles. The van der Waals surface area contributed by atoms with Gasteiger partial charge in [-0.3, -0.25) is 0 Å². The largest absolute Gasteiger partial charge is 0.465 e. The molecule has 0 aromatic heterocycles. The number of nitrogen functional groups attached to an aromatic ring is 1. The Morgan fingerprint density at radius 3 is 2.70 bits per heavy atom. The molecule has 0 bridgehead atoms. The number of hydrogen-bond acceptors (Lipinski definition) is 5. The van der Waals surface area contributed by atoms with E-state index in [0.29, 0.717) is 16.0 Å². The third-order valence-corrected chi connectivity index (χ3v) is 5.44. The first-order chi connectivity index (χ1) is 9.60. The van der Waals surface area contributed by atoms with Crippen LogP contribution in [0.1, 0.15) is 36.0 Å². The first kappa shape index (κ1) is 15.0. The van der Waals surface area contributed by atoms with Gasteiger partial charge >= 0.3 is 5.97 Å². The Balaban J connectivity index is 2.04. The second kappa shape index (κ2) is 6.39. The Kier molecular flexibility index (Phi) is 4.81. The molecule has 1 aromatic rings. The number of benzene rings is 1. The van der Waals surface area contributed by atoms with Crippen molar-refractivity contribution in [2.75, 3.05) is 31.0 Å². The molecule has 0 heterocycles. The van der Waals surface area contributed by atoms with Crippen molar-refractivity contribution in [1.29, 1.82) is 0 Å². The van der Waals surface area contributed by atoms with E-state index in [1.165, 1.54) is 32.8 Å². The lowest BCUT2D eigenvalue weighted by molar-refractivity contribution is 0.0601. The van der Waals surface area contributed by atoms with Gasteiger partial charge in [0.25, 0.3) is 0 Å². The molecule has 1 saturated carbocycles. The summed E-state index contributed by atoms with van der Waals surface area (Å²) in [4.78, 5) is 11.4. The average Bonchev–Trinajstić information content (AvgIpc) is 2.94. The Bertz CT molecular complexity index is 485. The standard InChI is InChI=1S/C15H22N2O2S/c1-19-14(18)11-5-6-13(12(16)9-11)17-10-15(20-2)7-3-4-8-15/h5-6,9,17H,3-4,7-8,10,16H2,1-2H3. The lowest BCUT2D eigenvalue weighted by Crippen LogP contribution is -2.30. The number of hydrogen-bond donors (Lipinski definition) is 2. The van der Waals surface area contributed by atoms with Crippen molar-refractivity contribution in [3.05, 3.63) is 23.8 Å². The summed E-state index contributed by atoms with van der Waals surface area (Å²) in [6, 6.07) is 5.25. The van der Waals surface area contributed by atoms with E-state index >= 15 is 0 Å². The molecule has 0 unspecified atom stereocenters. The zero-order valence-corrected chi connectivity index (χ0v) is 12.9. The smallest absolute Gasteiger partial charge is 0.337 e. The van der Waals surface area contributed by atoms with Crippen molar-refractivity contribution >= 4 is 29.1 Å². The maximum absolute atomic E-state index is 11.4. The van der Waals surface area contributed by atoms with E-state index in [9.17, 15) is 4.79 Å². The van der Waals surface area contributed by atoms with Gasteiger partial charge in [0.15, 0.2) is 0 Å². The first-order valence-electron chi connectivity index (χ1n) is 6.87. The van der Waals surface area contributed by atoms with E-state index in [4.69, 9.17) is 5.73 Å². The predicted molar refractivity (Wildman–Crippen MR) is 85.4 cm³/mol. The number of nitrogens with two attached hydrogens (primary N) is 1.